The molecule has 3 aromatic rings. The Hall–Kier alpha value is -3.03. The van der Waals surface area contributed by atoms with E-state index in [2.05, 4.69) is 9.80 Å². The smallest absolute Gasteiger partial charge is 0.200 e. The first-order chi connectivity index (χ1) is 17.7. The maximum Gasteiger partial charge on any atom is 0.200 e. The fourth-order valence-corrected chi connectivity index (χ4v) is 6.40. The molecule has 4 heterocycles. The molecule has 0 bridgehead atoms. The third kappa shape index (κ3) is 4.14. The second-order valence-electron chi connectivity index (χ2n) is 10.3. The van der Waals surface area contributed by atoms with Crippen LogP contribution in [0.2, 0.25) is 0 Å². The van der Waals surface area contributed by atoms with Gasteiger partial charge in [-0.15, -0.1) is 0 Å². The average molecular weight is 491 g/mol. The van der Waals surface area contributed by atoms with E-state index in [1.54, 1.807) is 32.6 Å². The van der Waals surface area contributed by atoms with Crippen molar-refractivity contribution in [2.75, 3.05) is 40.6 Å². The normalized spacial score (nSPS) is 22.5. The first-order valence-electron chi connectivity index (χ1n) is 13.0. The van der Waals surface area contributed by atoms with Crippen LogP contribution >= 0.6 is 0 Å². The van der Waals surface area contributed by atoms with Crippen LogP contribution in [0, 0.1) is 5.92 Å². The van der Waals surface area contributed by atoms with Gasteiger partial charge in [0.1, 0.15) is 24.3 Å². The number of methoxy groups -OCH3 is 2. The average Bonchev–Trinajstić information content (AvgIpc) is 2.93. The van der Waals surface area contributed by atoms with E-state index < -0.39 is 0 Å². The Morgan fingerprint density at radius 2 is 1.86 bits per heavy atom. The molecular weight excluding hydrogens is 456 g/mol. The molecule has 0 N–H and O–H groups in total. The van der Waals surface area contributed by atoms with Gasteiger partial charge in [0.2, 0.25) is 5.43 Å². The van der Waals surface area contributed by atoms with Gasteiger partial charge < -0.3 is 23.5 Å². The number of fused-ring (bicyclic) bond motifs is 4. The van der Waals surface area contributed by atoms with Crippen molar-refractivity contribution in [3.8, 4) is 28.4 Å². The molecule has 190 valence electrons. The zero-order valence-electron chi connectivity index (χ0n) is 21.1. The Morgan fingerprint density at radius 3 is 2.72 bits per heavy atom. The van der Waals surface area contributed by atoms with Crippen LogP contribution in [0.1, 0.15) is 37.7 Å². The SMILES string of the molecule is COc1ccc(-c2coc3c4c(ccc3c2=O)OCN(C[C@@H]2CCCN3CCCC[C@@H]23)C4)cc1OC. The van der Waals surface area contributed by atoms with Gasteiger partial charge in [0, 0.05) is 19.1 Å². The zero-order valence-corrected chi connectivity index (χ0v) is 21.1. The molecule has 0 aliphatic carbocycles. The number of benzene rings is 2. The molecule has 6 rings (SSSR count). The summed E-state index contributed by atoms with van der Waals surface area (Å²) < 4.78 is 23.1. The van der Waals surface area contributed by atoms with E-state index in [1.165, 1.54) is 45.2 Å². The summed E-state index contributed by atoms with van der Waals surface area (Å²) in [4.78, 5) is 18.6. The topological polar surface area (TPSA) is 64.4 Å². The summed E-state index contributed by atoms with van der Waals surface area (Å²) in [7, 11) is 3.18. The minimum atomic E-state index is -0.0616. The molecule has 0 saturated carbocycles. The van der Waals surface area contributed by atoms with E-state index in [0.29, 0.717) is 46.7 Å². The van der Waals surface area contributed by atoms with Crippen molar-refractivity contribution >= 4 is 11.0 Å². The highest BCUT2D eigenvalue weighted by Gasteiger charge is 2.35. The lowest BCUT2D eigenvalue weighted by Crippen LogP contribution is -2.51. The van der Waals surface area contributed by atoms with Crippen LogP contribution in [0.3, 0.4) is 0 Å². The van der Waals surface area contributed by atoms with E-state index in [0.717, 1.165) is 30.0 Å². The molecule has 0 unspecified atom stereocenters. The molecule has 1 aromatic heterocycles. The summed E-state index contributed by atoms with van der Waals surface area (Å²) in [5, 5.41) is 0.572. The Labute approximate surface area is 211 Å². The van der Waals surface area contributed by atoms with Crippen molar-refractivity contribution in [3.05, 3.63) is 52.4 Å². The number of rotatable bonds is 5. The molecule has 3 aliphatic heterocycles. The van der Waals surface area contributed by atoms with Crippen LogP contribution in [0.5, 0.6) is 17.2 Å². The van der Waals surface area contributed by atoms with Gasteiger partial charge in [-0.1, -0.05) is 12.5 Å². The summed E-state index contributed by atoms with van der Waals surface area (Å²) in [5.41, 5.74) is 2.75. The number of ether oxygens (including phenoxy) is 3. The summed E-state index contributed by atoms with van der Waals surface area (Å²) in [5.74, 6) is 2.67. The number of nitrogens with zero attached hydrogens (tertiary/aromatic N) is 2. The molecule has 0 radical (unpaired) electrons. The number of piperidine rings is 2. The maximum absolute atomic E-state index is 13.5. The second kappa shape index (κ2) is 9.79. The highest BCUT2D eigenvalue weighted by atomic mass is 16.5. The molecule has 36 heavy (non-hydrogen) atoms. The van der Waals surface area contributed by atoms with E-state index in [4.69, 9.17) is 18.6 Å². The fraction of sp³-hybridized carbons (Fsp3) is 0.483. The van der Waals surface area contributed by atoms with Crippen LogP contribution in [-0.4, -0.2) is 56.4 Å². The molecular formula is C29H34N2O5. The van der Waals surface area contributed by atoms with Gasteiger partial charge in [0.15, 0.2) is 11.5 Å². The van der Waals surface area contributed by atoms with E-state index in [1.807, 2.05) is 18.2 Å². The highest BCUT2D eigenvalue weighted by Crippen LogP contribution is 2.36. The van der Waals surface area contributed by atoms with Gasteiger partial charge in [-0.2, -0.15) is 0 Å². The lowest BCUT2D eigenvalue weighted by Gasteiger charge is -2.46. The zero-order chi connectivity index (χ0) is 24.6. The predicted octanol–water partition coefficient (Wildman–Crippen LogP) is 4.89. The standard InChI is InChI=1S/C29H34N2O5/c1-33-26-10-8-19(14-27(26)34-2)23-17-35-29-21(28(23)32)9-11-25-22(29)16-30(18-36-25)15-20-6-5-13-31-12-4-3-7-24(20)31/h8-11,14,17,20,24H,3-7,12-13,15-16,18H2,1-2H3/t20-,24-/m0/s1. The van der Waals surface area contributed by atoms with Gasteiger partial charge in [-0.05, 0) is 74.5 Å². The Morgan fingerprint density at radius 1 is 1.00 bits per heavy atom. The fourth-order valence-electron chi connectivity index (χ4n) is 6.40. The first-order valence-corrected chi connectivity index (χ1v) is 13.0. The summed E-state index contributed by atoms with van der Waals surface area (Å²) in [6, 6.07) is 9.88. The van der Waals surface area contributed by atoms with Gasteiger partial charge >= 0.3 is 0 Å². The number of hydrogen-bond acceptors (Lipinski definition) is 7. The third-order valence-corrected chi connectivity index (χ3v) is 8.20. The molecule has 7 heteroatoms. The monoisotopic (exact) mass is 490 g/mol. The van der Waals surface area contributed by atoms with Crippen molar-refractivity contribution in [2.45, 2.75) is 44.7 Å². The Balaban J connectivity index is 1.29. The van der Waals surface area contributed by atoms with Crippen molar-refractivity contribution in [3.63, 3.8) is 0 Å². The summed E-state index contributed by atoms with van der Waals surface area (Å²) in [6.45, 7) is 4.83. The maximum atomic E-state index is 13.5. The van der Waals surface area contributed by atoms with Crippen molar-refractivity contribution < 1.29 is 18.6 Å². The van der Waals surface area contributed by atoms with E-state index in [-0.39, 0.29) is 5.43 Å². The van der Waals surface area contributed by atoms with Crippen LogP contribution in [0.15, 0.2) is 45.8 Å². The van der Waals surface area contributed by atoms with E-state index >= 15 is 0 Å². The van der Waals surface area contributed by atoms with Crippen molar-refractivity contribution in [1.82, 2.24) is 9.80 Å². The van der Waals surface area contributed by atoms with Gasteiger partial charge in [0.05, 0.1) is 30.7 Å². The van der Waals surface area contributed by atoms with Gasteiger partial charge in [-0.25, -0.2) is 0 Å². The van der Waals surface area contributed by atoms with Crippen molar-refractivity contribution in [1.29, 1.82) is 0 Å². The van der Waals surface area contributed by atoms with Gasteiger partial charge in [-0.3, -0.25) is 9.69 Å². The molecule has 3 aliphatic rings. The lowest BCUT2D eigenvalue weighted by molar-refractivity contribution is 0.0146. The molecule has 7 nitrogen and oxygen atoms in total. The summed E-state index contributed by atoms with van der Waals surface area (Å²) >= 11 is 0. The minimum absolute atomic E-state index is 0.0616. The van der Waals surface area contributed by atoms with Crippen LogP contribution in [0.4, 0.5) is 0 Å². The molecule has 0 spiro atoms. The Kier molecular flexibility index (Phi) is 6.36. The third-order valence-electron chi connectivity index (χ3n) is 8.20. The highest BCUT2D eigenvalue weighted by molar-refractivity contribution is 5.86. The van der Waals surface area contributed by atoms with Crippen LogP contribution in [-0.2, 0) is 6.54 Å². The van der Waals surface area contributed by atoms with Crippen molar-refractivity contribution in [2.24, 2.45) is 5.92 Å². The first kappa shape index (κ1) is 23.4. The van der Waals surface area contributed by atoms with Crippen LogP contribution in [0.25, 0.3) is 22.1 Å². The summed E-state index contributed by atoms with van der Waals surface area (Å²) in [6.07, 6.45) is 8.11. The largest absolute Gasteiger partial charge is 0.493 e. The predicted molar refractivity (Wildman–Crippen MR) is 139 cm³/mol. The number of hydrogen-bond donors (Lipinski definition) is 0. The van der Waals surface area contributed by atoms with E-state index in [9.17, 15) is 4.79 Å². The molecule has 0 amide bonds. The quantitative estimate of drug-likeness (QED) is 0.504. The van der Waals surface area contributed by atoms with Crippen LogP contribution < -0.4 is 19.6 Å². The molecule has 2 atom stereocenters. The molecule has 2 fully saturated rings. The molecule has 2 saturated heterocycles. The second-order valence-corrected chi connectivity index (χ2v) is 10.3. The lowest BCUT2D eigenvalue weighted by atomic mass is 9.83. The molecule has 2 aromatic carbocycles. The minimum Gasteiger partial charge on any atom is -0.493 e. The van der Waals surface area contributed by atoms with Gasteiger partial charge in [0.25, 0.3) is 0 Å². The Bertz CT molecular complexity index is 1320.